The number of halogens is 1. The third kappa shape index (κ3) is 4.51. The summed E-state index contributed by atoms with van der Waals surface area (Å²) in [6.45, 7) is 6.37. The minimum atomic E-state index is -0.292. The summed E-state index contributed by atoms with van der Waals surface area (Å²) in [5, 5.41) is 3.59. The molecule has 1 aliphatic heterocycles. The van der Waals surface area contributed by atoms with E-state index in [1.54, 1.807) is 25.3 Å². The van der Waals surface area contributed by atoms with Crippen LogP contribution in [0.1, 0.15) is 11.1 Å². The van der Waals surface area contributed by atoms with Crippen LogP contribution in [0.15, 0.2) is 42.5 Å². The van der Waals surface area contributed by atoms with Crippen LogP contribution in [-0.4, -0.2) is 48.2 Å². The number of hydrogen-bond donors (Lipinski definition) is 1. The maximum atomic E-state index is 13.8. The highest BCUT2D eigenvalue weighted by atomic mass is 32.1. The second-order valence-electron chi connectivity index (χ2n) is 6.49. The Bertz CT molecular complexity index is 775. The Morgan fingerprint density at radius 2 is 1.88 bits per heavy atom. The van der Waals surface area contributed by atoms with Gasteiger partial charge in [-0.15, -0.1) is 0 Å². The number of piperazine rings is 1. The Morgan fingerprint density at radius 1 is 1.15 bits per heavy atom. The van der Waals surface area contributed by atoms with Gasteiger partial charge in [0.05, 0.1) is 12.8 Å². The fourth-order valence-electron chi connectivity index (χ4n) is 3.14. The topological polar surface area (TPSA) is 27.7 Å². The number of nitrogens with zero attached hydrogens (tertiary/aromatic N) is 2. The lowest BCUT2D eigenvalue weighted by atomic mass is 10.1. The Labute approximate surface area is 159 Å². The molecule has 1 heterocycles. The van der Waals surface area contributed by atoms with E-state index in [9.17, 15) is 4.39 Å². The van der Waals surface area contributed by atoms with Crippen molar-refractivity contribution in [2.75, 3.05) is 38.6 Å². The lowest BCUT2D eigenvalue weighted by Crippen LogP contribution is -2.49. The van der Waals surface area contributed by atoms with Crippen molar-refractivity contribution in [3.8, 4) is 5.75 Å². The molecule has 2 aromatic carbocycles. The van der Waals surface area contributed by atoms with E-state index >= 15 is 0 Å². The normalized spacial score (nSPS) is 15.0. The average molecular weight is 373 g/mol. The Kier molecular flexibility index (Phi) is 6.06. The van der Waals surface area contributed by atoms with Crippen LogP contribution in [0.2, 0.25) is 0 Å². The molecule has 1 saturated heterocycles. The van der Waals surface area contributed by atoms with Crippen molar-refractivity contribution in [3.05, 3.63) is 59.4 Å². The molecule has 26 heavy (non-hydrogen) atoms. The molecule has 0 spiro atoms. The van der Waals surface area contributed by atoms with Gasteiger partial charge in [-0.2, -0.15) is 0 Å². The van der Waals surface area contributed by atoms with Crippen LogP contribution >= 0.6 is 12.2 Å². The highest BCUT2D eigenvalue weighted by Crippen LogP contribution is 2.22. The quantitative estimate of drug-likeness (QED) is 0.826. The van der Waals surface area contributed by atoms with Gasteiger partial charge in [0.15, 0.2) is 5.11 Å². The number of para-hydroxylation sites is 1. The molecular formula is C20H24FN3OS. The monoisotopic (exact) mass is 373 g/mol. The van der Waals surface area contributed by atoms with Crippen LogP contribution in [0, 0.1) is 12.7 Å². The molecule has 1 aliphatic rings. The van der Waals surface area contributed by atoms with Gasteiger partial charge in [0.2, 0.25) is 0 Å². The summed E-state index contributed by atoms with van der Waals surface area (Å²) in [6, 6.07) is 12.8. The predicted molar refractivity (Wildman–Crippen MR) is 107 cm³/mol. The summed E-state index contributed by atoms with van der Waals surface area (Å²) in [5.74, 6) is 0.634. The average Bonchev–Trinajstić information content (AvgIpc) is 2.64. The molecule has 0 amide bonds. The van der Waals surface area contributed by atoms with Crippen molar-refractivity contribution in [2.24, 2.45) is 0 Å². The van der Waals surface area contributed by atoms with Crippen molar-refractivity contribution in [1.29, 1.82) is 0 Å². The van der Waals surface area contributed by atoms with E-state index in [0.29, 0.717) is 10.8 Å². The van der Waals surface area contributed by atoms with Crippen LogP contribution in [0.5, 0.6) is 5.75 Å². The van der Waals surface area contributed by atoms with Crippen molar-refractivity contribution in [2.45, 2.75) is 13.5 Å². The summed E-state index contributed by atoms with van der Waals surface area (Å²) in [7, 11) is 1.71. The fraction of sp³-hybridized carbons (Fsp3) is 0.350. The number of aryl methyl sites for hydroxylation is 1. The molecule has 1 N–H and O–H groups in total. The molecule has 0 radical (unpaired) electrons. The summed E-state index contributed by atoms with van der Waals surface area (Å²) in [5.41, 5.74) is 2.85. The molecular weight excluding hydrogens is 349 g/mol. The summed E-state index contributed by atoms with van der Waals surface area (Å²) in [6.07, 6.45) is 0. The van der Waals surface area contributed by atoms with Gasteiger partial charge in [0.1, 0.15) is 11.6 Å². The predicted octanol–water partition coefficient (Wildman–Crippen LogP) is 3.66. The van der Waals surface area contributed by atoms with Gasteiger partial charge < -0.3 is 15.0 Å². The molecule has 0 bridgehead atoms. The molecule has 1 fully saturated rings. The number of rotatable bonds is 4. The molecule has 0 unspecified atom stereocenters. The van der Waals surface area contributed by atoms with Gasteiger partial charge >= 0.3 is 0 Å². The molecule has 138 valence electrons. The van der Waals surface area contributed by atoms with E-state index in [2.05, 4.69) is 34.2 Å². The van der Waals surface area contributed by atoms with Gasteiger partial charge in [0.25, 0.3) is 0 Å². The van der Waals surface area contributed by atoms with E-state index in [1.165, 1.54) is 17.2 Å². The van der Waals surface area contributed by atoms with Gasteiger partial charge in [0, 0.05) is 38.3 Å². The van der Waals surface area contributed by atoms with E-state index in [4.69, 9.17) is 17.0 Å². The molecule has 0 atom stereocenters. The first-order valence-corrected chi connectivity index (χ1v) is 9.14. The van der Waals surface area contributed by atoms with Gasteiger partial charge in [-0.1, -0.05) is 29.8 Å². The highest BCUT2D eigenvalue weighted by Gasteiger charge is 2.20. The van der Waals surface area contributed by atoms with Crippen LogP contribution in [0.25, 0.3) is 0 Å². The smallest absolute Gasteiger partial charge is 0.173 e. The van der Waals surface area contributed by atoms with Crippen LogP contribution in [0.4, 0.5) is 10.1 Å². The number of ether oxygens (including phenoxy) is 1. The highest BCUT2D eigenvalue weighted by molar-refractivity contribution is 7.80. The largest absolute Gasteiger partial charge is 0.496 e. The van der Waals surface area contributed by atoms with Gasteiger partial charge in [-0.05, 0) is 37.3 Å². The summed E-state index contributed by atoms with van der Waals surface area (Å²) < 4.78 is 19.2. The Balaban J connectivity index is 1.55. The van der Waals surface area contributed by atoms with Crippen molar-refractivity contribution in [1.82, 2.24) is 9.80 Å². The molecule has 6 heteroatoms. The molecule has 2 aromatic rings. The lowest BCUT2D eigenvalue weighted by molar-refractivity contribution is 0.175. The molecule has 0 aromatic heterocycles. The van der Waals surface area contributed by atoms with E-state index in [0.717, 1.165) is 38.5 Å². The van der Waals surface area contributed by atoms with Crippen molar-refractivity contribution < 1.29 is 9.13 Å². The Morgan fingerprint density at radius 3 is 2.58 bits per heavy atom. The maximum absolute atomic E-state index is 13.8. The zero-order valence-corrected chi connectivity index (χ0v) is 16.0. The lowest BCUT2D eigenvalue weighted by Gasteiger charge is -2.36. The first-order valence-electron chi connectivity index (χ1n) is 8.73. The van der Waals surface area contributed by atoms with Crippen LogP contribution < -0.4 is 10.1 Å². The number of thiocarbonyl (C=S) groups is 1. The molecule has 4 nitrogen and oxygen atoms in total. The summed E-state index contributed by atoms with van der Waals surface area (Å²) in [4.78, 5) is 4.48. The van der Waals surface area contributed by atoms with Gasteiger partial charge in [-0.25, -0.2) is 4.39 Å². The zero-order valence-electron chi connectivity index (χ0n) is 15.2. The standard InChI is InChI=1S/C20H24FN3OS/c1-15-7-8-19(25-2)16(13-15)14-23-9-11-24(12-10-23)20(26)22-18-6-4-3-5-17(18)21/h3-8,13H,9-12,14H2,1-2H3,(H,22,26). The second-order valence-corrected chi connectivity index (χ2v) is 6.88. The number of methoxy groups -OCH3 is 1. The fourth-order valence-corrected chi connectivity index (χ4v) is 3.43. The van der Waals surface area contributed by atoms with E-state index in [1.807, 2.05) is 6.07 Å². The number of nitrogens with one attached hydrogen (secondary N) is 1. The van der Waals surface area contributed by atoms with Crippen LogP contribution in [-0.2, 0) is 6.54 Å². The van der Waals surface area contributed by atoms with Crippen LogP contribution in [0.3, 0.4) is 0 Å². The van der Waals surface area contributed by atoms with Gasteiger partial charge in [-0.3, -0.25) is 4.90 Å². The second kappa shape index (κ2) is 8.47. The van der Waals surface area contributed by atoms with E-state index < -0.39 is 0 Å². The van der Waals surface area contributed by atoms with Crippen molar-refractivity contribution >= 4 is 23.0 Å². The molecule has 0 aliphatic carbocycles. The first-order chi connectivity index (χ1) is 12.6. The van der Waals surface area contributed by atoms with E-state index in [-0.39, 0.29) is 5.82 Å². The number of hydrogen-bond acceptors (Lipinski definition) is 3. The third-order valence-corrected chi connectivity index (χ3v) is 4.97. The van der Waals surface area contributed by atoms with Crippen molar-refractivity contribution in [3.63, 3.8) is 0 Å². The molecule has 3 rings (SSSR count). The molecule has 0 saturated carbocycles. The summed E-state index contributed by atoms with van der Waals surface area (Å²) >= 11 is 5.45. The zero-order chi connectivity index (χ0) is 18.5. The minimum absolute atomic E-state index is 0.292. The minimum Gasteiger partial charge on any atom is -0.496 e. The number of anilines is 1. The SMILES string of the molecule is COc1ccc(C)cc1CN1CCN(C(=S)Nc2ccccc2F)CC1. The Hall–Kier alpha value is -2.18. The third-order valence-electron chi connectivity index (χ3n) is 4.60. The maximum Gasteiger partial charge on any atom is 0.173 e. The number of benzene rings is 2. The first kappa shape index (κ1) is 18.6.